The fourth-order valence-electron chi connectivity index (χ4n) is 1.78. The molecule has 0 aliphatic rings. The Hall–Kier alpha value is -1.26. The van der Waals surface area contributed by atoms with E-state index >= 15 is 0 Å². The van der Waals surface area contributed by atoms with Crippen LogP contribution in [0.3, 0.4) is 0 Å². The maximum atomic E-state index is 6.13. The van der Waals surface area contributed by atoms with Crippen LogP contribution in [0.4, 0.5) is 5.82 Å². The average molecular weight is 239 g/mol. The molecule has 0 saturated carbocycles. The molecule has 4 nitrogen and oxygen atoms in total. The van der Waals surface area contributed by atoms with Gasteiger partial charge >= 0.3 is 0 Å². The van der Waals surface area contributed by atoms with Gasteiger partial charge in [-0.15, -0.1) is 0 Å². The quantitative estimate of drug-likeness (QED) is 0.885. The van der Waals surface area contributed by atoms with Crippen molar-refractivity contribution in [2.45, 2.75) is 6.54 Å². The monoisotopic (exact) mass is 238 g/mol. The number of aromatic nitrogens is 2. The number of rotatable bonds is 3. The van der Waals surface area contributed by atoms with Crippen LogP contribution in [0.1, 0.15) is 5.69 Å². The lowest BCUT2D eigenvalue weighted by molar-refractivity contribution is 0.779. The fraction of sp³-hybridized carbons (Fsp3) is 0.364. The predicted octanol–water partition coefficient (Wildman–Crippen LogP) is 1.77. The Morgan fingerprint density at radius 1 is 1.44 bits per heavy atom. The van der Waals surface area contributed by atoms with E-state index in [2.05, 4.69) is 14.7 Å². The van der Waals surface area contributed by atoms with Gasteiger partial charge in [-0.2, -0.15) is 0 Å². The van der Waals surface area contributed by atoms with Gasteiger partial charge in [-0.05, 0) is 19.2 Å². The Labute approximate surface area is 99.8 Å². The lowest BCUT2D eigenvalue weighted by Gasteiger charge is -2.16. The third-order valence-corrected chi connectivity index (χ3v) is 2.77. The van der Waals surface area contributed by atoms with Crippen molar-refractivity contribution in [2.24, 2.45) is 0 Å². The average Bonchev–Trinajstić information content (AvgIpc) is 2.55. The first kappa shape index (κ1) is 11.2. The zero-order valence-corrected chi connectivity index (χ0v) is 10.4. The molecule has 2 rings (SSSR count). The Balaban J connectivity index is 2.72. The Kier molecular flexibility index (Phi) is 3.03. The topological polar surface area (TPSA) is 32.6 Å². The first-order valence-corrected chi connectivity index (χ1v) is 5.50. The van der Waals surface area contributed by atoms with Crippen molar-refractivity contribution < 1.29 is 0 Å². The van der Waals surface area contributed by atoms with Crippen LogP contribution < -0.4 is 10.2 Å². The number of nitrogens with one attached hydrogen (secondary N) is 1. The summed E-state index contributed by atoms with van der Waals surface area (Å²) in [7, 11) is 5.91. The van der Waals surface area contributed by atoms with Crippen molar-refractivity contribution in [2.75, 3.05) is 26.0 Å². The first-order chi connectivity index (χ1) is 7.65. The van der Waals surface area contributed by atoms with Crippen molar-refractivity contribution in [3.05, 3.63) is 29.0 Å². The second kappa shape index (κ2) is 4.31. The largest absolute Gasteiger partial charge is 0.364 e. The number of anilines is 1. The summed E-state index contributed by atoms with van der Waals surface area (Å²) in [6, 6.07) is 5.99. The molecule has 0 unspecified atom stereocenters. The van der Waals surface area contributed by atoms with E-state index < -0.39 is 0 Å². The third kappa shape index (κ3) is 1.74. The molecule has 0 spiro atoms. The zero-order chi connectivity index (χ0) is 11.7. The van der Waals surface area contributed by atoms with Crippen LogP contribution in [0.15, 0.2) is 18.2 Å². The van der Waals surface area contributed by atoms with E-state index in [9.17, 15) is 0 Å². The highest BCUT2D eigenvalue weighted by atomic mass is 35.5. The van der Waals surface area contributed by atoms with Crippen molar-refractivity contribution in [3.63, 3.8) is 0 Å². The van der Waals surface area contributed by atoms with Gasteiger partial charge in [0.15, 0.2) is 5.15 Å². The highest BCUT2D eigenvalue weighted by molar-refractivity contribution is 6.30. The number of imidazole rings is 1. The van der Waals surface area contributed by atoms with Gasteiger partial charge in [0.1, 0.15) is 11.5 Å². The highest BCUT2D eigenvalue weighted by Gasteiger charge is 2.12. The molecule has 0 fully saturated rings. The van der Waals surface area contributed by atoms with Crippen molar-refractivity contribution >= 4 is 23.1 Å². The van der Waals surface area contributed by atoms with Gasteiger partial charge in [-0.1, -0.05) is 17.7 Å². The molecule has 2 heterocycles. The Morgan fingerprint density at radius 3 is 2.81 bits per heavy atom. The number of halogens is 1. The summed E-state index contributed by atoms with van der Waals surface area (Å²) in [6.45, 7) is 0.699. The molecule has 2 aromatic heterocycles. The molecule has 0 aromatic carbocycles. The van der Waals surface area contributed by atoms with Crippen LogP contribution in [-0.4, -0.2) is 30.5 Å². The van der Waals surface area contributed by atoms with E-state index in [1.807, 2.05) is 44.2 Å². The van der Waals surface area contributed by atoms with Crippen LogP contribution in [0.5, 0.6) is 0 Å². The van der Waals surface area contributed by atoms with E-state index in [0.717, 1.165) is 17.2 Å². The maximum absolute atomic E-state index is 6.13. The second-order valence-electron chi connectivity index (χ2n) is 3.85. The minimum Gasteiger partial charge on any atom is -0.364 e. The minimum atomic E-state index is 0.559. The van der Waals surface area contributed by atoms with Gasteiger partial charge in [-0.3, -0.25) is 4.40 Å². The summed E-state index contributed by atoms with van der Waals surface area (Å²) in [5.74, 6) is 1.07. The molecule has 0 atom stereocenters. The normalized spacial score (nSPS) is 11.0. The standard InChI is InChI=1S/C11H15ClN4/c1-13-7-8-11(12)14-9-5-4-6-10(15(2)3)16(8)9/h4-6,13H,7H2,1-3H3. The van der Waals surface area contributed by atoms with E-state index in [-0.39, 0.29) is 0 Å². The maximum Gasteiger partial charge on any atom is 0.152 e. The summed E-state index contributed by atoms with van der Waals surface area (Å²) < 4.78 is 2.07. The summed E-state index contributed by atoms with van der Waals surface area (Å²) >= 11 is 6.13. The molecule has 1 N–H and O–H groups in total. The van der Waals surface area contributed by atoms with E-state index in [0.29, 0.717) is 11.7 Å². The molecule has 0 aliphatic carbocycles. The number of hydrogen-bond acceptors (Lipinski definition) is 3. The molecule has 16 heavy (non-hydrogen) atoms. The van der Waals surface area contributed by atoms with E-state index in [1.54, 1.807) is 0 Å². The van der Waals surface area contributed by atoms with Crippen LogP contribution >= 0.6 is 11.6 Å². The third-order valence-electron chi connectivity index (χ3n) is 2.47. The lowest BCUT2D eigenvalue weighted by atomic mass is 10.4. The van der Waals surface area contributed by atoms with Crippen molar-refractivity contribution in [3.8, 4) is 0 Å². The smallest absolute Gasteiger partial charge is 0.152 e. The van der Waals surface area contributed by atoms with E-state index in [1.165, 1.54) is 0 Å². The van der Waals surface area contributed by atoms with Crippen LogP contribution in [0.2, 0.25) is 5.15 Å². The summed E-state index contributed by atoms with van der Waals surface area (Å²) in [6.07, 6.45) is 0. The van der Waals surface area contributed by atoms with E-state index in [4.69, 9.17) is 11.6 Å². The van der Waals surface area contributed by atoms with Gasteiger partial charge in [0.05, 0.1) is 5.69 Å². The van der Waals surface area contributed by atoms with Crippen LogP contribution in [0, 0.1) is 0 Å². The molecule has 2 aromatic rings. The Bertz CT molecular complexity index is 504. The molecule has 0 amide bonds. The van der Waals surface area contributed by atoms with Gasteiger partial charge in [0, 0.05) is 20.6 Å². The summed E-state index contributed by atoms with van der Waals surface area (Å²) in [5, 5.41) is 3.66. The first-order valence-electron chi connectivity index (χ1n) is 5.13. The summed E-state index contributed by atoms with van der Waals surface area (Å²) in [4.78, 5) is 6.38. The number of pyridine rings is 1. The SMILES string of the molecule is CNCc1c(Cl)nc2cccc(N(C)C)n12. The predicted molar refractivity (Wildman–Crippen MR) is 67.3 cm³/mol. The van der Waals surface area contributed by atoms with Crippen molar-refractivity contribution in [1.29, 1.82) is 0 Å². The molecule has 5 heteroatoms. The molecular formula is C11H15ClN4. The summed E-state index contributed by atoms with van der Waals surface area (Å²) in [5.41, 5.74) is 1.87. The number of fused-ring (bicyclic) bond motifs is 1. The molecular weight excluding hydrogens is 224 g/mol. The number of nitrogens with zero attached hydrogens (tertiary/aromatic N) is 3. The molecule has 86 valence electrons. The lowest BCUT2D eigenvalue weighted by Crippen LogP contribution is -2.16. The molecule has 0 bridgehead atoms. The van der Waals surface area contributed by atoms with Gasteiger partial charge in [0.2, 0.25) is 0 Å². The molecule has 0 radical (unpaired) electrons. The van der Waals surface area contributed by atoms with Crippen LogP contribution in [-0.2, 0) is 6.54 Å². The van der Waals surface area contributed by atoms with Crippen molar-refractivity contribution in [1.82, 2.24) is 14.7 Å². The minimum absolute atomic E-state index is 0.559. The Morgan fingerprint density at radius 2 is 2.19 bits per heavy atom. The fourth-order valence-corrected chi connectivity index (χ4v) is 2.01. The van der Waals surface area contributed by atoms with Gasteiger partial charge in [0.25, 0.3) is 0 Å². The number of hydrogen-bond donors (Lipinski definition) is 1. The van der Waals surface area contributed by atoms with Gasteiger partial charge in [-0.25, -0.2) is 4.98 Å². The highest BCUT2D eigenvalue weighted by Crippen LogP contribution is 2.23. The molecule has 0 aliphatic heterocycles. The molecule has 0 saturated heterocycles. The zero-order valence-electron chi connectivity index (χ0n) is 9.66. The second-order valence-corrected chi connectivity index (χ2v) is 4.21. The van der Waals surface area contributed by atoms with Crippen LogP contribution in [0.25, 0.3) is 5.65 Å². The van der Waals surface area contributed by atoms with Gasteiger partial charge < -0.3 is 10.2 Å².